The molecule has 2 aromatic rings. The number of carbonyl (C=O) groups excluding carboxylic acids is 1. The Hall–Kier alpha value is -2.07. The number of carbonyl (C=O) groups is 1. The topological polar surface area (TPSA) is 57.7 Å². The molecule has 0 spiro atoms. The first kappa shape index (κ1) is 19.3. The molecule has 2 aromatic carbocycles. The van der Waals surface area contributed by atoms with Gasteiger partial charge in [0.1, 0.15) is 0 Å². The van der Waals surface area contributed by atoms with Gasteiger partial charge < -0.3 is 0 Å². The van der Waals surface area contributed by atoms with Crippen LogP contribution in [0.15, 0.2) is 53.0 Å². The Morgan fingerprint density at radius 3 is 2.07 bits per heavy atom. The molecular formula is C18H14BrF3N2O3S. The van der Waals surface area contributed by atoms with E-state index in [0.29, 0.717) is 5.69 Å². The Morgan fingerprint density at radius 2 is 1.50 bits per heavy atom. The zero-order chi connectivity index (χ0) is 20.3. The van der Waals surface area contributed by atoms with Crippen molar-refractivity contribution in [2.24, 2.45) is 0 Å². The second-order valence-electron chi connectivity index (χ2n) is 6.76. The number of hydrogen-bond donors (Lipinski definition) is 0. The van der Waals surface area contributed by atoms with Crippen LogP contribution in [0.2, 0.25) is 0 Å². The summed E-state index contributed by atoms with van der Waals surface area (Å²) in [5.74, 6) is -0.512. The van der Waals surface area contributed by atoms with E-state index in [2.05, 4.69) is 15.9 Å². The quantitative estimate of drug-likeness (QED) is 0.616. The summed E-state index contributed by atoms with van der Waals surface area (Å²) in [4.78, 5) is 15.7. The van der Waals surface area contributed by atoms with Crippen molar-refractivity contribution in [1.29, 1.82) is 0 Å². The molecular weight excluding hydrogens is 461 g/mol. The zero-order valence-corrected chi connectivity index (χ0v) is 16.6. The highest BCUT2D eigenvalue weighted by molar-refractivity contribution is 9.10. The van der Waals surface area contributed by atoms with E-state index in [-0.39, 0.29) is 17.2 Å². The lowest BCUT2D eigenvalue weighted by Crippen LogP contribution is -2.38. The van der Waals surface area contributed by atoms with Crippen molar-refractivity contribution in [2.45, 2.75) is 18.3 Å². The maximum absolute atomic E-state index is 13.1. The number of fused-ring (bicyclic) bond motifs is 1. The normalized spacial score (nSPS) is 23.9. The lowest BCUT2D eigenvalue weighted by atomic mass is 10.1. The Balaban J connectivity index is 1.80. The molecule has 0 aromatic heterocycles. The highest BCUT2D eigenvalue weighted by Gasteiger charge is 2.54. The third kappa shape index (κ3) is 3.28. The van der Waals surface area contributed by atoms with E-state index in [0.717, 1.165) is 16.6 Å². The molecule has 2 aliphatic heterocycles. The Kier molecular flexibility index (Phi) is 4.46. The first-order chi connectivity index (χ1) is 13.1. The molecule has 28 heavy (non-hydrogen) atoms. The van der Waals surface area contributed by atoms with Gasteiger partial charge in [-0.25, -0.2) is 13.2 Å². The van der Waals surface area contributed by atoms with Crippen LogP contribution in [-0.2, 0) is 16.0 Å². The van der Waals surface area contributed by atoms with Gasteiger partial charge in [0.2, 0.25) is 0 Å². The number of anilines is 2. The van der Waals surface area contributed by atoms with Gasteiger partial charge in [0, 0.05) is 15.8 Å². The minimum atomic E-state index is -4.56. The molecule has 5 nitrogen and oxygen atoms in total. The van der Waals surface area contributed by atoms with Gasteiger partial charge in [-0.1, -0.05) is 22.0 Å². The van der Waals surface area contributed by atoms with Crippen LogP contribution < -0.4 is 9.80 Å². The molecule has 10 heteroatoms. The van der Waals surface area contributed by atoms with E-state index in [1.807, 2.05) is 0 Å². The van der Waals surface area contributed by atoms with Crippen LogP contribution in [0, 0.1) is 0 Å². The maximum atomic E-state index is 13.1. The predicted octanol–water partition coefficient (Wildman–Crippen LogP) is 4.08. The number of rotatable bonds is 2. The number of hydrogen-bond acceptors (Lipinski definition) is 3. The maximum Gasteiger partial charge on any atom is 0.416 e. The van der Waals surface area contributed by atoms with E-state index >= 15 is 0 Å². The summed E-state index contributed by atoms with van der Waals surface area (Å²) in [6.45, 7) is 0. The first-order valence-electron chi connectivity index (χ1n) is 8.32. The number of halogens is 4. The highest BCUT2D eigenvalue weighted by atomic mass is 79.9. The van der Waals surface area contributed by atoms with Crippen molar-refractivity contribution < 1.29 is 26.4 Å². The highest BCUT2D eigenvalue weighted by Crippen LogP contribution is 2.40. The number of benzene rings is 2. The van der Waals surface area contributed by atoms with Crippen molar-refractivity contribution in [2.75, 3.05) is 21.3 Å². The average Bonchev–Trinajstić information content (AvgIpc) is 3.04. The molecule has 0 N–H and O–H groups in total. The summed E-state index contributed by atoms with van der Waals surface area (Å²) in [6, 6.07) is 9.22. The van der Waals surface area contributed by atoms with Gasteiger partial charge >= 0.3 is 12.2 Å². The Morgan fingerprint density at radius 1 is 0.929 bits per heavy atom. The van der Waals surface area contributed by atoms with E-state index in [9.17, 15) is 26.4 Å². The third-order valence-electron chi connectivity index (χ3n) is 4.93. The number of sulfone groups is 1. The number of nitrogens with zero attached hydrogens (tertiary/aromatic N) is 2. The molecule has 0 aliphatic carbocycles. The Bertz CT molecular complexity index is 1040. The van der Waals surface area contributed by atoms with Gasteiger partial charge in [-0.3, -0.25) is 9.80 Å². The Labute approximate surface area is 167 Å². The summed E-state index contributed by atoms with van der Waals surface area (Å²) >= 11 is 3.30. The largest absolute Gasteiger partial charge is 0.416 e. The summed E-state index contributed by atoms with van der Waals surface area (Å²) in [5.41, 5.74) is -0.362. The fraction of sp³-hybridized carbons (Fsp3) is 0.278. The number of amides is 2. The molecule has 0 saturated carbocycles. The molecule has 2 aliphatic rings. The van der Waals surface area contributed by atoms with Crippen LogP contribution in [0.5, 0.6) is 0 Å². The van der Waals surface area contributed by atoms with Crippen molar-refractivity contribution >= 4 is 43.2 Å². The fourth-order valence-corrected chi connectivity index (χ4v) is 5.92. The van der Waals surface area contributed by atoms with E-state index < -0.39 is 39.7 Å². The molecule has 2 saturated heterocycles. The van der Waals surface area contributed by atoms with E-state index in [4.69, 9.17) is 0 Å². The third-order valence-corrected chi connectivity index (χ3v) is 7.15. The van der Waals surface area contributed by atoms with Crippen molar-refractivity contribution in [3.63, 3.8) is 0 Å². The standard InChI is InChI=1S/C18H14BrF3N2O3S/c19-12-4-6-13(7-5-12)23-15-9-28(26,27)10-16(15)24(17(23)25)14-3-1-2-11(8-14)18(20,21)22/h1-8,15-16H,9-10H2/t15-,16+/m1/s1. The minimum Gasteiger partial charge on any atom is -0.288 e. The molecule has 0 unspecified atom stereocenters. The lowest BCUT2D eigenvalue weighted by molar-refractivity contribution is -0.137. The van der Waals surface area contributed by atoms with E-state index in [1.165, 1.54) is 21.9 Å². The predicted molar refractivity (Wildman–Crippen MR) is 102 cm³/mol. The van der Waals surface area contributed by atoms with Crippen molar-refractivity contribution in [3.05, 3.63) is 58.6 Å². The SMILES string of the molecule is O=C1N(c2ccc(Br)cc2)[C@@H]2CS(=O)(=O)C[C@@H]2N1c1cccc(C(F)(F)F)c1. The minimum absolute atomic E-state index is 0.0338. The van der Waals surface area contributed by atoms with Gasteiger partial charge in [0.25, 0.3) is 0 Å². The molecule has 148 valence electrons. The van der Waals surface area contributed by atoms with Gasteiger partial charge in [-0.15, -0.1) is 0 Å². The second-order valence-corrected chi connectivity index (χ2v) is 9.83. The molecule has 2 fully saturated rings. The summed E-state index contributed by atoms with van der Waals surface area (Å²) < 4.78 is 64.6. The van der Waals surface area contributed by atoms with Crippen LogP contribution in [0.4, 0.5) is 29.3 Å². The molecule has 0 radical (unpaired) electrons. The zero-order valence-electron chi connectivity index (χ0n) is 14.2. The molecule has 0 bridgehead atoms. The summed E-state index contributed by atoms with van der Waals surface area (Å²) in [5, 5.41) is 0. The van der Waals surface area contributed by atoms with Gasteiger partial charge in [0.15, 0.2) is 9.84 Å². The van der Waals surface area contributed by atoms with Gasteiger partial charge in [-0.2, -0.15) is 13.2 Å². The van der Waals surface area contributed by atoms with Crippen LogP contribution in [0.3, 0.4) is 0 Å². The number of urea groups is 1. The lowest BCUT2D eigenvalue weighted by Gasteiger charge is -2.23. The average molecular weight is 475 g/mol. The second kappa shape index (κ2) is 6.48. The van der Waals surface area contributed by atoms with Crippen LogP contribution in [-0.4, -0.2) is 38.0 Å². The summed E-state index contributed by atoms with van der Waals surface area (Å²) in [7, 11) is -3.42. The van der Waals surface area contributed by atoms with Crippen molar-refractivity contribution in [3.8, 4) is 0 Å². The smallest absolute Gasteiger partial charge is 0.288 e. The van der Waals surface area contributed by atoms with E-state index in [1.54, 1.807) is 24.3 Å². The van der Waals surface area contributed by atoms with Crippen LogP contribution in [0.1, 0.15) is 5.56 Å². The number of alkyl halides is 3. The van der Waals surface area contributed by atoms with Crippen LogP contribution >= 0.6 is 15.9 Å². The van der Waals surface area contributed by atoms with Crippen LogP contribution in [0.25, 0.3) is 0 Å². The molecule has 2 amide bonds. The summed E-state index contributed by atoms with van der Waals surface area (Å²) in [6.07, 6.45) is -4.56. The van der Waals surface area contributed by atoms with Crippen molar-refractivity contribution in [1.82, 2.24) is 0 Å². The van der Waals surface area contributed by atoms with Gasteiger partial charge in [-0.05, 0) is 42.5 Å². The first-order valence-corrected chi connectivity index (χ1v) is 10.9. The molecule has 4 rings (SSSR count). The molecule has 2 heterocycles. The molecule has 2 atom stereocenters. The fourth-order valence-electron chi connectivity index (χ4n) is 3.74. The van der Waals surface area contributed by atoms with Gasteiger partial charge in [0.05, 0.1) is 29.2 Å². The monoisotopic (exact) mass is 474 g/mol.